The molecule has 1 aliphatic carbocycles. The van der Waals surface area contributed by atoms with Crippen molar-refractivity contribution in [3.8, 4) is 0 Å². The second kappa shape index (κ2) is 8.43. The van der Waals surface area contributed by atoms with Crippen molar-refractivity contribution in [2.75, 3.05) is 12.3 Å². The summed E-state index contributed by atoms with van der Waals surface area (Å²) in [6.45, 7) is -0.338. The average molecular weight is 405 g/mol. The number of nitrogens with one attached hydrogen (secondary N) is 1. The van der Waals surface area contributed by atoms with Gasteiger partial charge in [-0.05, 0) is 30.5 Å². The van der Waals surface area contributed by atoms with Gasteiger partial charge in [0.05, 0.1) is 16.2 Å². The van der Waals surface area contributed by atoms with Gasteiger partial charge in [-0.2, -0.15) is 13.2 Å². The van der Waals surface area contributed by atoms with Gasteiger partial charge in [0.25, 0.3) is 0 Å². The van der Waals surface area contributed by atoms with Gasteiger partial charge in [-0.25, -0.2) is 8.42 Å². The van der Waals surface area contributed by atoms with Crippen LogP contribution in [0.25, 0.3) is 6.08 Å². The van der Waals surface area contributed by atoms with Crippen molar-refractivity contribution in [2.45, 2.75) is 48.8 Å². The number of hydrogen-bond acceptors (Lipinski definition) is 4. The van der Waals surface area contributed by atoms with Crippen LogP contribution in [-0.2, 0) is 14.6 Å². The molecule has 0 unspecified atom stereocenters. The average Bonchev–Trinajstić information content (AvgIpc) is 2.57. The third kappa shape index (κ3) is 6.35. The molecule has 0 aromatic heterocycles. The van der Waals surface area contributed by atoms with E-state index in [1.165, 1.54) is 30.4 Å². The molecule has 2 N–H and O–H groups in total. The van der Waals surface area contributed by atoms with Crippen LogP contribution in [0.5, 0.6) is 0 Å². The lowest BCUT2D eigenvalue weighted by Crippen LogP contribution is -2.39. The number of carbonyl (C=O) groups excluding carboxylic acids is 1. The maximum absolute atomic E-state index is 12.6. The maximum Gasteiger partial charge on any atom is 0.471 e. The summed E-state index contributed by atoms with van der Waals surface area (Å²) in [4.78, 5) is 10.8. The minimum absolute atomic E-state index is 0.0444. The maximum atomic E-state index is 12.6. The summed E-state index contributed by atoms with van der Waals surface area (Å²) in [7, 11) is -3.71. The van der Waals surface area contributed by atoms with E-state index >= 15 is 0 Å². The van der Waals surface area contributed by atoms with Crippen LogP contribution < -0.4 is 5.32 Å². The molecule has 1 fully saturated rings. The molecule has 9 heteroatoms. The lowest BCUT2D eigenvalue weighted by molar-refractivity contribution is -0.173. The van der Waals surface area contributed by atoms with Crippen molar-refractivity contribution >= 4 is 21.8 Å². The Morgan fingerprint density at radius 2 is 1.89 bits per heavy atom. The number of hydrogen-bond donors (Lipinski definition) is 2. The second-order valence-corrected chi connectivity index (χ2v) is 8.72. The second-order valence-electron chi connectivity index (χ2n) is 6.73. The van der Waals surface area contributed by atoms with Crippen molar-refractivity contribution in [3.63, 3.8) is 0 Å². The highest BCUT2D eigenvalue weighted by molar-refractivity contribution is 7.91. The summed E-state index contributed by atoms with van der Waals surface area (Å²) in [5.41, 5.74) is -0.752. The SMILES string of the molecule is O=C(NC/C=C/c1cccc(S(=O)(=O)CC2(O)CCCCC2)c1)C(F)(F)F. The molecular weight excluding hydrogens is 383 g/mol. The van der Waals surface area contributed by atoms with Crippen LogP contribution in [0.4, 0.5) is 13.2 Å². The number of alkyl halides is 3. The largest absolute Gasteiger partial charge is 0.471 e. The van der Waals surface area contributed by atoms with Crippen LogP contribution in [0, 0.1) is 0 Å². The number of carbonyl (C=O) groups is 1. The molecule has 0 radical (unpaired) electrons. The van der Waals surface area contributed by atoms with Gasteiger partial charge in [0, 0.05) is 6.54 Å². The highest BCUT2D eigenvalue weighted by Crippen LogP contribution is 2.31. The first-order valence-corrected chi connectivity index (χ1v) is 10.2. The van der Waals surface area contributed by atoms with Crippen LogP contribution in [0.2, 0.25) is 0 Å². The molecule has 0 atom stereocenters. The van der Waals surface area contributed by atoms with E-state index in [2.05, 4.69) is 0 Å². The monoisotopic (exact) mass is 405 g/mol. The Hall–Kier alpha value is -1.87. The third-order valence-corrected chi connectivity index (χ3v) is 6.30. The van der Waals surface area contributed by atoms with E-state index in [-0.39, 0.29) is 17.2 Å². The van der Waals surface area contributed by atoms with Crippen LogP contribution in [0.3, 0.4) is 0 Å². The van der Waals surface area contributed by atoms with E-state index in [0.29, 0.717) is 18.4 Å². The van der Waals surface area contributed by atoms with Crippen molar-refractivity contribution in [1.29, 1.82) is 0 Å². The van der Waals surface area contributed by atoms with Crippen LogP contribution in [-0.4, -0.2) is 43.5 Å². The lowest BCUT2D eigenvalue weighted by atomic mass is 9.86. The van der Waals surface area contributed by atoms with E-state index in [0.717, 1.165) is 19.3 Å². The standard InChI is InChI=1S/C18H22F3NO4S/c19-18(20,21)16(23)22-11-5-7-14-6-4-8-15(12-14)27(25,26)13-17(24)9-2-1-3-10-17/h4-8,12,24H,1-3,9-11,13H2,(H,22,23)/b7-5+. The van der Waals surface area contributed by atoms with Crippen molar-refractivity contribution in [3.05, 3.63) is 35.9 Å². The first-order chi connectivity index (χ1) is 12.5. The Balaban J connectivity index is 2.03. The molecule has 0 spiro atoms. The van der Waals surface area contributed by atoms with Crippen molar-refractivity contribution in [2.24, 2.45) is 0 Å². The first-order valence-electron chi connectivity index (χ1n) is 8.59. The highest BCUT2D eigenvalue weighted by Gasteiger charge is 2.38. The molecule has 0 bridgehead atoms. The van der Waals surface area contributed by atoms with Gasteiger partial charge in [-0.3, -0.25) is 4.79 Å². The van der Waals surface area contributed by atoms with E-state index in [4.69, 9.17) is 0 Å². The van der Waals surface area contributed by atoms with Gasteiger partial charge in [-0.1, -0.05) is 43.5 Å². The molecular formula is C18H22F3NO4S. The molecule has 150 valence electrons. The van der Waals surface area contributed by atoms with Gasteiger partial charge in [0.2, 0.25) is 0 Å². The first kappa shape index (κ1) is 21.4. The zero-order valence-electron chi connectivity index (χ0n) is 14.6. The van der Waals surface area contributed by atoms with Gasteiger partial charge in [-0.15, -0.1) is 0 Å². The number of halogens is 3. The van der Waals surface area contributed by atoms with Crippen LogP contribution >= 0.6 is 0 Å². The lowest BCUT2D eigenvalue weighted by Gasteiger charge is -2.31. The molecule has 1 saturated carbocycles. The smallest absolute Gasteiger partial charge is 0.389 e. The summed E-state index contributed by atoms with van der Waals surface area (Å²) in [6.07, 6.45) is 1.23. The summed E-state index contributed by atoms with van der Waals surface area (Å²) in [6, 6.07) is 5.93. The van der Waals surface area contributed by atoms with Crippen LogP contribution in [0.1, 0.15) is 37.7 Å². The zero-order chi connectivity index (χ0) is 20.1. The molecule has 1 amide bonds. The number of sulfone groups is 1. The van der Waals surface area contributed by atoms with Gasteiger partial charge >= 0.3 is 12.1 Å². The molecule has 0 aliphatic heterocycles. The number of amides is 1. The molecule has 0 saturated heterocycles. The molecule has 0 heterocycles. The fourth-order valence-corrected chi connectivity index (χ4v) is 4.81. The molecule has 2 rings (SSSR count). The van der Waals surface area contributed by atoms with Gasteiger partial charge in [0.15, 0.2) is 9.84 Å². The molecule has 27 heavy (non-hydrogen) atoms. The highest BCUT2D eigenvalue weighted by atomic mass is 32.2. The van der Waals surface area contributed by atoms with Crippen molar-refractivity contribution < 1.29 is 31.5 Å². The van der Waals surface area contributed by atoms with Gasteiger partial charge in [0.1, 0.15) is 0 Å². The number of benzene rings is 1. The molecule has 1 aromatic carbocycles. The van der Waals surface area contributed by atoms with E-state index in [1.54, 1.807) is 11.4 Å². The number of aliphatic hydroxyl groups is 1. The Bertz CT molecular complexity index is 797. The van der Waals surface area contributed by atoms with E-state index in [1.807, 2.05) is 0 Å². The Labute approximate surface area is 156 Å². The quantitative estimate of drug-likeness (QED) is 0.762. The van der Waals surface area contributed by atoms with Crippen LogP contribution in [0.15, 0.2) is 35.2 Å². The number of rotatable bonds is 6. The van der Waals surface area contributed by atoms with E-state index < -0.39 is 27.5 Å². The summed E-state index contributed by atoms with van der Waals surface area (Å²) in [5.74, 6) is -2.39. The van der Waals surface area contributed by atoms with Gasteiger partial charge < -0.3 is 10.4 Å². The molecule has 1 aromatic rings. The fraction of sp³-hybridized carbons (Fsp3) is 0.500. The Kier molecular flexibility index (Phi) is 6.69. The predicted molar refractivity (Wildman–Crippen MR) is 94.6 cm³/mol. The molecule has 1 aliphatic rings. The van der Waals surface area contributed by atoms with E-state index in [9.17, 15) is 31.5 Å². The topological polar surface area (TPSA) is 83.5 Å². The summed E-state index contributed by atoms with van der Waals surface area (Å²) < 4.78 is 61.5. The summed E-state index contributed by atoms with van der Waals surface area (Å²) in [5, 5.41) is 12.2. The zero-order valence-corrected chi connectivity index (χ0v) is 15.4. The molecule has 5 nitrogen and oxygen atoms in total. The summed E-state index contributed by atoms with van der Waals surface area (Å²) >= 11 is 0. The Morgan fingerprint density at radius 1 is 1.22 bits per heavy atom. The fourth-order valence-electron chi connectivity index (χ4n) is 3.05. The minimum atomic E-state index is -4.94. The normalized spacial score (nSPS) is 17.8. The van der Waals surface area contributed by atoms with Crippen molar-refractivity contribution in [1.82, 2.24) is 5.32 Å². The predicted octanol–water partition coefficient (Wildman–Crippen LogP) is 2.85. The third-order valence-electron chi connectivity index (χ3n) is 4.41. The Morgan fingerprint density at radius 3 is 2.52 bits per heavy atom. The minimum Gasteiger partial charge on any atom is -0.389 e.